The predicted octanol–water partition coefficient (Wildman–Crippen LogP) is 10.4. The van der Waals surface area contributed by atoms with E-state index in [2.05, 4.69) is 116 Å². The molecule has 6 nitrogen and oxygen atoms in total. The van der Waals surface area contributed by atoms with Gasteiger partial charge in [0.15, 0.2) is 0 Å². The maximum absolute atomic E-state index is 4.74. The number of hydrogen-bond donors (Lipinski definition) is 0. The third-order valence-corrected chi connectivity index (χ3v) is 9.71. The number of imidazole rings is 3. The van der Waals surface area contributed by atoms with Crippen LogP contribution in [0, 0.1) is 59.6 Å². The molecule has 4 aromatic carbocycles. The molecule has 261 valence electrons. The first kappa shape index (κ1) is 36.0. The average Bonchev–Trinajstić information content (AvgIpc) is 3.85. The van der Waals surface area contributed by atoms with Crippen molar-refractivity contribution in [1.82, 2.24) is 28.3 Å². The quantitative estimate of drug-likeness (QED) is 0.157. The van der Waals surface area contributed by atoms with Crippen LogP contribution in [-0.4, -0.2) is 28.3 Å². The van der Waals surface area contributed by atoms with Gasteiger partial charge in [-0.1, -0.05) is 61.0 Å². The number of rotatable bonds is 6. The number of nitrogens with zero attached hydrogens (tertiary/aromatic N) is 6. The molecule has 0 amide bonds. The number of fused-ring (bicyclic) bond motifs is 6. The predicted molar refractivity (Wildman–Crippen MR) is 205 cm³/mol. The van der Waals surface area contributed by atoms with Crippen LogP contribution in [0.1, 0.15) is 59.3 Å². The van der Waals surface area contributed by atoms with E-state index in [0.717, 1.165) is 51.7 Å². The topological polar surface area (TPSA) is 52.4 Å². The normalized spacial score (nSPS) is 11.8. The minimum absolute atomic E-state index is 0. The van der Waals surface area contributed by atoms with Gasteiger partial charge in [0.2, 0.25) is 5.78 Å². The number of aryl methyl sites for hydroxylation is 6. The van der Waals surface area contributed by atoms with Gasteiger partial charge in [-0.25, -0.2) is 4.98 Å². The minimum Gasteiger partial charge on any atom is -0.340 e. The second kappa shape index (κ2) is 14.8. The molecule has 0 aliphatic rings. The molecule has 0 fully saturated rings. The van der Waals surface area contributed by atoms with Gasteiger partial charge in [0.05, 0.1) is 11.5 Å². The minimum atomic E-state index is 0. The Morgan fingerprint density at radius 2 is 1.51 bits per heavy atom. The zero-order valence-electron chi connectivity index (χ0n) is 30.7. The van der Waals surface area contributed by atoms with Crippen LogP contribution < -0.4 is 0 Å². The van der Waals surface area contributed by atoms with Crippen molar-refractivity contribution in [3.63, 3.8) is 0 Å². The standard InChI is InChI=1S/C22H19N4.C22H25N2.Ir/c1-13-10-14(2)19(15(3)11-13)17-6-5-7-18-20(17)25-9-8-23-22(25)26-12-16(4)24-21(18)26;1-5-16(2)13-19-14-17(3)21(18(4)15-19)24-12-11-23-22(24)20-9-7-6-8-10-20;/h5-6,8-12H,1-4H3;6-9,11-12,14-16H,5,13H2,1-4H3;/q2*-1;. The fourth-order valence-corrected chi connectivity index (χ4v) is 7.50. The van der Waals surface area contributed by atoms with Crippen molar-refractivity contribution in [3.05, 3.63) is 143 Å². The van der Waals surface area contributed by atoms with Crippen molar-refractivity contribution in [2.75, 3.05) is 0 Å². The second-order valence-electron chi connectivity index (χ2n) is 13.8. The van der Waals surface area contributed by atoms with Crippen molar-refractivity contribution in [2.24, 2.45) is 5.92 Å². The van der Waals surface area contributed by atoms with Crippen molar-refractivity contribution in [1.29, 1.82) is 0 Å². The summed E-state index contributed by atoms with van der Waals surface area (Å²) in [5, 5.41) is 1.01. The van der Waals surface area contributed by atoms with E-state index in [9.17, 15) is 0 Å². The Morgan fingerprint density at radius 1 is 0.784 bits per heavy atom. The zero-order valence-corrected chi connectivity index (χ0v) is 33.1. The maximum Gasteiger partial charge on any atom is 0.202 e. The van der Waals surface area contributed by atoms with E-state index in [1.165, 1.54) is 56.6 Å². The summed E-state index contributed by atoms with van der Waals surface area (Å²) in [6.45, 7) is 17.5. The summed E-state index contributed by atoms with van der Waals surface area (Å²) in [4.78, 5) is 13.9. The molecule has 4 aromatic heterocycles. The third kappa shape index (κ3) is 6.81. The van der Waals surface area contributed by atoms with Crippen LogP contribution in [0.2, 0.25) is 0 Å². The summed E-state index contributed by atoms with van der Waals surface area (Å²) in [6.07, 6.45) is 12.1. The van der Waals surface area contributed by atoms with Crippen molar-refractivity contribution in [3.8, 4) is 28.2 Å². The summed E-state index contributed by atoms with van der Waals surface area (Å²) < 4.78 is 6.38. The monoisotopic (exact) mass is 849 g/mol. The molecule has 7 heteroatoms. The molecule has 0 bridgehead atoms. The van der Waals surface area contributed by atoms with Crippen LogP contribution in [0.5, 0.6) is 0 Å². The van der Waals surface area contributed by atoms with Crippen molar-refractivity contribution in [2.45, 2.75) is 68.2 Å². The molecule has 0 saturated carbocycles. The molecule has 1 radical (unpaired) electrons. The van der Waals surface area contributed by atoms with Gasteiger partial charge in [-0.2, -0.15) is 0 Å². The Bertz CT molecular complexity index is 2440. The van der Waals surface area contributed by atoms with E-state index < -0.39 is 0 Å². The third-order valence-electron chi connectivity index (χ3n) is 9.71. The molecule has 1 atom stereocenters. The summed E-state index contributed by atoms with van der Waals surface area (Å²) in [7, 11) is 0. The maximum atomic E-state index is 4.74. The first-order valence-corrected chi connectivity index (χ1v) is 17.5. The van der Waals surface area contributed by atoms with E-state index in [1.807, 2.05) is 66.6 Å². The van der Waals surface area contributed by atoms with Crippen molar-refractivity contribution >= 4 is 22.3 Å². The fraction of sp³-hybridized carbons (Fsp3) is 0.250. The van der Waals surface area contributed by atoms with E-state index in [-0.39, 0.29) is 20.1 Å². The molecule has 0 spiro atoms. The van der Waals surface area contributed by atoms with Crippen LogP contribution in [0.3, 0.4) is 0 Å². The molecule has 8 rings (SSSR count). The Balaban J connectivity index is 0.000000173. The molecule has 0 saturated heterocycles. The largest absolute Gasteiger partial charge is 0.340 e. The van der Waals surface area contributed by atoms with Gasteiger partial charge in [0.1, 0.15) is 0 Å². The van der Waals surface area contributed by atoms with Crippen LogP contribution in [0.4, 0.5) is 0 Å². The van der Waals surface area contributed by atoms with Gasteiger partial charge in [-0.15, -0.1) is 54.1 Å². The smallest absolute Gasteiger partial charge is 0.202 e. The molecule has 0 aliphatic carbocycles. The first-order valence-electron chi connectivity index (χ1n) is 17.5. The van der Waals surface area contributed by atoms with Crippen LogP contribution in [0.25, 0.3) is 50.5 Å². The van der Waals surface area contributed by atoms with E-state index in [1.54, 1.807) is 0 Å². The molecule has 1 unspecified atom stereocenters. The molecule has 0 N–H and O–H groups in total. The Morgan fingerprint density at radius 3 is 2.20 bits per heavy atom. The van der Waals surface area contributed by atoms with Gasteiger partial charge in [-0.05, 0) is 92.8 Å². The summed E-state index contributed by atoms with van der Waals surface area (Å²) >= 11 is 0. The Hall–Kier alpha value is -4.84. The van der Waals surface area contributed by atoms with Gasteiger partial charge >= 0.3 is 0 Å². The van der Waals surface area contributed by atoms with Gasteiger partial charge < -0.3 is 13.4 Å². The van der Waals surface area contributed by atoms with Crippen LogP contribution in [0.15, 0.2) is 91.6 Å². The number of benzene rings is 4. The molecule has 8 aromatic rings. The first-order chi connectivity index (χ1) is 24.1. The Kier molecular flexibility index (Phi) is 10.4. The van der Waals surface area contributed by atoms with Crippen LogP contribution >= 0.6 is 0 Å². The molecule has 0 aliphatic heterocycles. The summed E-state index contributed by atoms with van der Waals surface area (Å²) in [6, 6.07) is 28.0. The van der Waals surface area contributed by atoms with Gasteiger partial charge in [0.25, 0.3) is 0 Å². The van der Waals surface area contributed by atoms with Crippen LogP contribution in [-0.2, 0) is 26.5 Å². The second-order valence-corrected chi connectivity index (χ2v) is 13.8. The zero-order chi connectivity index (χ0) is 35.1. The fourth-order valence-electron chi connectivity index (χ4n) is 7.50. The average molecular weight is 849 g/mol. The molecular formula is C44H44IrN6-2. The summed E-state index contributed by atoms with van der Waals surface area (Å²) in [5.41, 5.74) is 15.6. The van der Waals surface area contributed by atoms with Crippen molar-refractivity contribution < 1.29 is 20.1 Å². The molecule has 51 heavy (non-hydrogen) atoms. The molecular weight excluding hydrogens is 805 g/mol. The van der Waals surface area contributed by atoms with Gasteiger partial charge in [0, 0.05) is 62.5 Å². The van der Waals surface area contributed by atoms with E-state index in [4.69, 9.17) is 4.98 Å². The van der Waals surface area contributed by atoms with Gasteiger partial charge in [-0.3, -0.25) is 9.97 Å². The SMILES string of the molecule is CCC(C)Cc1cc(C)c(-n2ccnc2-c2[c-]cccc2)c(C)c1.Cc1cc(C)c(-c2cc[c-]c3c4nc(C)cn4c4nccn4c23)c(C)c1.[Ir]. The number of aromatic nitrogens is 6. The van der Waals surface area contributed by atoms with E-state index >= 15 is 0 Å². The van der Waals surface area contributed by atoms with E-state index in [0.29, 0.717) is 0 Å². The molecule has 4 heterocycles. The summed E-state index contributed by atoms with van der Waals surface area (Å²) in [5.74, 6) is 2.53. The Labute approximate surface area is 314 Å². The number of hydrogen-bond acceptors (Lipinski definition) is 3.